The van der Waals surface area contributed by atoms with Crippen LogP contribution in [0.3, 0.4) is 0 Å². The molecule has 1 N–H and O–H groups in total. The van der Waals surface area contributed by atoms with Crippen molar-refractivity contribution in [3.8, 4) is 0 Å². The lowest BCUT2D eigenvalue weighted by Gasteiger charge is -2.02. The first kappa shape index (κ1) is 15.0. The van der Waals surface area contributed by atoms with Crippen LogP contribution in [0.4, 0.5) is 6.01 Å². The van der Waals surface area contributed by atoms with Crippen molar-refractivity contribution < 1.29 is 9.21 Å². The summed E-state index contributed by atoms with van der Waals surface area (Å²) in [5, 5.41) is 10.6. The lowest BCUT2D eigenvalue weighted by atomic mass is 10.2. The van der Waals surface area contributed by atoms with Crippen molar-refractivity contribution in [2.45, 2.75) is 6.42 Å². The first-order valence-corrected chi connectivity index (χ1v) is 7.81. The number of carbonyl (C=O) groups excluding carboxylic acids is 1. The zero-order valence-corrected chi connectivity index (χ0v) is 13.4. The van der Waals surface area contributed by atoms with Crippen LogP contribution in [0.1, 0.15) is 21.1 Å². The molecule has 112 valence electrons. The molecule has 1 amide bonds. The highest BCUT2D eigenvalue weighted by molar-refractivity contribution is 7.16. The summed E-state index contributed by atoms with van der Waals surface area (Å²) in [6.45, 7) is 0. The molecule has 2 heterocycles. The Morgan fingerprint density at radius 2 is 2.00 bits per heavy atom. The first-order chi connectivity index (χ1) is 10.6. The molecular weight excluding hydrogens is 345 g/mol. The summed E-state index contributed by atoms with van der Waals surface area (Å²) >= 11 is 13.3. The van der Waals surface area contributed by atoms with Crippen LogP contribution in [0, 0.1) is 0 Å². The second kappa shape index (κ2) is 6.48. The molecule has 2 aromatic heterocycles. The minimum Gasteiger partial charge on any atom is -0.407 e. The van der Waals surface area contributed by atoms with E-state index in [2.05, 4.69) is 15.5 Å². The van der Waals surface area contributed by atoms with Crippen molar-refractivity contribution in [3.63, 3.8) is 0 Å². The summed E-state index contributed by atoms with van der Waals surface area (Å²) in [5.41, 5.74) is 0.342. The molecule has 0 aliphatic carbocycles. The van der Waals surface area contributed by atoms with Crippen molar-refractivity contribution in [1.82, 2.24) is 10.2 Å². The van der Waals surface area contributed by atoms with Crippen molar-refractivity contribution in [1.29, 1.82) is 0 Å². The van der Waals surface area contributed by atoms with Gasteiger partial charge in [0.1, 0.15) is 0 Å². The van der Waals surface area contributed by atoms with E-state index in [4.69, 9.17) is 27.6 Å². The summed E-state index contributed by atoms with van der Waals surface area (Å²) in [4.78, 5) is 13.1. The molecule has 0 atom stereocenters. The topological polar surface area (TPSA) is 68.0 Å². The van der Waals surface area contributed by atoms with Gasteiger partial charge in [-0.1, -0.05) is 40.4 Å². The Balaban J connectivity index is 1.69. The van der Waals surface area contributed by atoms with Crippen LogP contribution in [0.5, 0.6) is 0 Å². The number of hydrogen-bond donors (Lipinski definition) is 1. The SMILES string of the molecule is O=C(Nc1nnc(Cc2ccc(Cl)s2)o1)c1ccccc1Cl. The first-order valence-electron chi connectivity index (χ1n) is 6.24. The Morgan fingerprint density at radius 3 is 2.73 bits per heavy atom. The van der Waals surface area contributed by atoms with E-state index in [0.717, 1.165) is 4.88 Å². The standard InChI is InChI=1S/C14H9Cl2N3O2S/c15-10-4-2-1-3-9(10)13(20)17-14-19-18-12(21-14)7-8-5-6-11(16)22-8/h1-6H,7H2,(H,17,19,20). The number of halogens is 2. The van der Waals surface area contributed by atoms with Crippen LogP contribution in [-0.2, 0) is 6.42 Å². The maximum absolute atomic E-state index is 12.1. The Labute approximate surface area is 139 Å². The molecule has 5 nitrogen and oxygen atoms in total. The fourth-order valence-corrected chi connectivity index (χ4v) is 3.08. The molecule has 0 spiro atoms. The monoisotopic (exact) mass is 353 g/mol. The predicted octanol–water partition coefficient (Wildman–Crippen LogP) is 4.28. The van der Waals surface area contributed by atoms with E-state index in [9.17, 15) is 4.79 Å². The summed E-state index contributed by atoms with van der Waals surface area (Å²) in [7, 11) is 0. The third-order valence-corrected chi connectivity index (χ3v) is 4.32. The molecule has 0 radical (unpaired) electrons. The number of thiophene rings is 1. The summed E-state index contributed by atoms with van der Waals surface area (Å²) < 4.78 is 6.09. The zero-order valence-electron chi connectivity index (χ0n) is 11.0. The molecule has 1 aromatic carbocycles. The van der Waals surface area contributed by atoms with Crippen LogP contribution in [-0.4, -0.2) is 16.1 Å². The van der Waals surface area contributed by atoms with Crippen molar-refractivity contribution >= 4 is 46.5 Å². The highest BCUT2D eigenvalue weighted by Gasteiger charge is 2.14. The van der Waals surface area contributed by atoms with E-state index in [0.29, 0.717) is 27.2 Å². The van der Waals surface area contributed by atoms with E-state index >= 15 is 0 Å². The third kappa shape index (κ3) is 3.47. The average Bonchev–Trinajstić information content (AvgIpc) is 3.09. The molecule has 22 heavy (non-hydrogen) atoms. The van der Waals surface area contributed by atoms with Gasteiger partial charge < -0.3 is 4.42 Å². The van der Waals surface area contributed by atoms with Gasteiger partial charge in [-0.2, -0.15) is 0 Å². The smallest absolute Gasteiger partial charge is 0.322 e. The van der Waals surface area contributed by atoms with E-state index in [1.807, 2.05) is 6.07 Å². The van der Waals surface area contributed by atoms with Gasteiger partial charge in [0.15, 0.2) is 0 Å². The van der Waals surface area contributed by atoms with Gasteiger partial charge in [-0.3, -0.25) is 10.1 Å². The van der Waals surface area contributed by atoms with Crippen LogP contribution in [0.15, 0.2) is 40.8 Å². The highest BCUT2D eigenvalue weighted by Crippen LogP contribution is 2.24. The van der Waals surface area contributed by atoms with Crippen molar-refractivity contribution in [2.24, 2.45) is 0 Å². The molecule has 8 heteroatoms. The molecule has 0 aliphatic heterocycles. The van der Waals surface area contributed by atoms with Crippen LogP contribution < -0.4 is 5.32 Å². The number of anilines is 1. The Kier molecular flexibility index (Phi) is 4.42. The van der Waals surface area contributed by atoms with Gasteiger partial charge in [-0.05, 0) is 24.3 Å². The van der Waals surface area contributed by atoms with Gasteiger partial charge >= 0.3 is 6.01 Å². The van der Waals surface area contributed by atoms with Gasteiger partial charge in [-0.15, -0.1) is 16.4 Å². The van der Waals surface area contributed by atoms with Gasteiger partial charge in [0, 0.05) is 4.88 Å². The minimum atomic E-state index is -0.403. The largest absolute Gasteiger partial charge is 0.407 e. The molecule has 0 saturated heterocycles. The summed E-state index contributed by atoms with van der Waals surface area (Å²) in [5.74, 6) is -0.00653. The Morgan fingerprint density at radius 1 is 1.18 bits per heavy atom. The molecule has 0 bridgehead atoms. The molecule has 0 saturated carbocycles. The lowest BCUT2D eigenvalue weighted by Crippen LogP contribution is -2.12. The second-order valence-electron chi connectivity index (χ2n) is 4.32. The molecule has 0 fully saturated rings. The second-order valence-corrected chi connectivity index (χ2v) is 6.52. The number of amides is 1. The number of carbonyl (C=O) groups is 1. The number of nitrogens with one attached hydrogen (secondary N) is 1. The average molecular weight is 354 g/mol. The number of hydrogen-bond acceptors (Lipinski definition) is 5. The van der Waals surface area contributed by atoms with E-state index in [1.54, 1.807) is 30.3 Å². The maximum atomic E-state index is 12.1. The highest BCUT2D eigenvalue weighted by atomic mass is 35.5. The van der Waals surface area contributed by atoms with Gasteiger partial charge in [0.25, 0.3) is 5.91 Å². The molecular formula is C14H9Cl2N3O2S. The number of benzene rings is 1. The van der Waals surface area contributed by atoms with Crippen LogP contribution >= 0.6 is 34.5 Å². The molecule has 3 rings (SSSR count). The van der Waals surface area contributed by atoms with Gasteiger partial charge in [0.05, 0.1) is 21.3 Å². The van der Waals surface area contributed by atoms with Crippen molar-refractivity contribution in [3.05, 3.63) is 62.1 Å². The summed E-state index contributed by atoms with van der Waals surface area (Å²) in [6, 6.07) is 10.4. The normalized spacial score (nSPS) is 10.6. The van der Waals surface area contributed by atoms with Crippen LogP contribution in [0.2, 0.25) is 9.36 Å². The fraction of sp³-hybridized carbons (Fsp3) is 0.0714. The predicted molar refractivity (Wildman–Crippen MR) is 85.8 cm³/mol. The van der Waals surface area contributed by atoms with E-state index < -0.39 is 5.91 Å². The number of aromatic nitrogens is 2. The minimum absolute atomic E-state index is 0.0302. The van der Waals surface area contributed by atoms with Crippen molar-refractivity contribution in [2.75, 3.05) is 5.32 Å². The third-order valence-electron chi connectivity index (χ3n) is 2.76. The maximum Gasteiger partial charge on any atom is 0.322 e. The van der Waals surface area contributed by atoms with Gasteiger partial charge in [-0.25, -0.2) is 0 Å². The number of rotatable bonds is 4. The number of nitrogens with zero attached hydrogens (tertiary/aromatic N) is 2. The lowest BCUT2D eigenvalue weighted by molar-refractivity contribution is 0.102. The van der Waals surface area contributed by atoms with Crippen LogP contribution in [0.25, 0.3) is 0 Å². The van der Waals surface area contributed by atoms with E-state index in [-0.39, 0.29) is 6.01 Å². The molecule has 0 unspecified atom stereocenters. The van der Waals surface area contributed by atoms with E-state index in [1.165, 1.54) is 11.3 Å². The Hall–Kier alpha value is -1.89. The zero-order chi connectivity index (χ0) is 15.5. The Bertz CT molecular complexity index is 816. The quantitative estimate of drug-likeness (QED) is 0.759. The summed E-state index contributed by atoms with van der Waals surface area (Å²) in [6.07, 6.45) is 0.465. The van der Waals surface area contributed by atoms with Gasteiger partial charge in [0.2, 0.25) is 5.89 Å². The molecule has 0 aliphatic rings. The molecule has 3 aromatic rings. The fourth-order valence-electron chi connectivity index (χ4n) is 1.78.